The molecule has 0 heterocycles. The first-order valence-corrected chi connectivity index (χ1v) is 11.6. The minimum Gasteiger partial charge on any atom is -0.289 e. The fourth-order valence-electron chi connectivity index (χ4n) is 3.19. The van der Waals surface area contributed by atoms with Gasteiger partial charge in [0.15, 0.2) is 5.78 Å². The van der Waals surface area contributed by atoms with E-state index in [1.807, 2.05) is 6.07 Å². The molecule has 3 heteroatoms. The molecular formula is C21H24OSi2. The van der Waals surface area contributed by atoms with Crippen LogP contribution in [0.5, 0.6) is 0 Å². The minimum atomic E-state index is -0.655. The standard InChI is InChI=1S/C21H24OSi2/c1-13(2)11-23-19-10-17-16-8-6-5-7-15(16)9-18(17)20(22)21(19)24-12-14(3)4/h5-12H,23-24H2,1-4H3. The van der Waals surface area contributed by atoms with E-state index in [1.54, 1.807) is 0 Å². The van der Waals surface area contributed by atoms with Crippen molar-refractivity contribution < 1.29 is 4.79 Å². The lowest BCUT2D eigenvalue weighted by Crippen LogP contribution is -2.19. The molecule has 0 fully saturated rings. The Morgan fingerprint density at radius 3 is 2.25 bits per heavy atom. The van der Waals surface area contributed by atoms with Crippen molar-refractivity contribution in [3.8, 4) is 0 Å². The summed E-state index contributed by atoms with van der Waals surface area (Å²) in [6.45, 7) is 8.55. The van der Waals surface area contributed by atoms with Crippen LogP contribution in [0.1, 0.15) is 38.8 Å². The number of Topliss-reactive ketones (excluding diaryl/α,β-unsaturated/α-hetero) is 1. The molecule has 0 bridgehead atoms. The van der Waals surface area contributed by atoms with Crippen molar-refractivity contribution in [2.45, 2.75) is 27.7 Å². The van der Waals surface area contributed by atoms with Gasteiger partial charge in [-0.05, 0) is 55.7 Å². The molecule has 1 nitrogen and oxygen atoms in total. The molecule has 0 atom stereocenters. The molecule has 122 valence electrons. The summed E-state index contributed by atoms with van der Waals surface area (Å²) in [4.78, 5) is 13.2. The highest BCUT2D eigenvalue weighted by molar-refractivity contribution is 6.67. The second kappa shape index (κ2) is 6.87. The van der Waals surface area contributed by atoms with E-state index in [-0.39, 0.29) is 5.78 Å². The Kier molecular flexibility index (Phi) is 4.83. The fraction of sp³-hybridized carbons (Fsp3) is 0.190. The lowest BCUT2D eigenvalue weighted by Gasteiger charge is -2.19. The monoisotopic (exact) mass is 348 g/mol. The van der Waals surface area contributed by atoms with Gasteiger partial charge < -0.3 is 0 Å². The van der Waals surface area contributed by atoms with E-state index < -0.39 is 19.0 Å². The first-order chi connectivity index (χ1) is 11.5. The minimum absolute atomic E-state index is 0.289. The Bertz CT molecular complexity index is 856. The van der Waals surface area contributed by atoms with Crippen LogP contribution in [0.15, 0.2) is 68.9 Å². The molecule has 3 rings (SSSR count). The number of allylic oxidation sites excluding steroid dienone is 7. The van der Waals surface area contributed by atoms with E-state index in [0.717, 1.165) is 16.3 Å². The Morgan fingerprint density at radius 2 is 1.54 bits per heavy atom. The first kappa shape index (κ1) is 16.9. The van der Waals surface area contributed by atoms with Crippen molar-refractivity contribution in [1.82, 2.24) is 0 Å². The molecular weight excluding hydrogens is 324 g/mol. The van der Waals surface area contributed by atoms with Crippen molar-refractivity contribution in [2.75, 3.05) is 0 Å². The second-order valence-corrected chi connectivity index (χ2v) is 10.1. The molecule has 0 amide bonds. The molecule has 1 aromatic carbocycles. The zero-order valence-corrected chi connectivity index (χ0v) is 17.8. The highest BCUT2D eigenvalue weighted by Crippen LogP contribution is 2.40. The molecule has 0 aromatic heterocycles. The third-order valence-electron chi connectivity index (χ3n) is 4.51. The average molecular weight is 349 g/mol. The summed E-state index contributed by atoms with van der Waals surface area (Å²) in [5, 5.41) is 2.50. The van der Waals surface area contributed by atoms with Crippen LogP contribution >= 0.6 is 0 Å². The smallest absolute Gasteiger partial charge is 0.185 e. The van der Waals surface area contributed by atoms with Crippen molar-refractivity contribution >= 4 is 36.5 Å². The van der Waals surface area contributed by atoms with E-state index >= 15 is 0 Å². The zero-order valence-electron chi connectivity index (χ0n) is 14.9. The number of carbonyl (C=O) groups excluding carboxylic acids is 1. The van der Waals surface area contributed by atoms with Crippen LogP contribution in [-0.4, -0.2) is 24.8 Å². The molecule has 0 radical (unpaired) electrons. The van der Waals surface area contributed by atoms with Gasteiger partial charge >= 0.3 is 0 Å². The van der Waals surface area contributed by atoms with Gasteiger partial charge in [0.2, 0.25) is 0 Å². The van der Waals surface area contributed by atoms with Gasteiger partial charge in [0, 0.05) is 5.57 Å². The summed E-state index contributed by atoms with van der Waals surface area (Å²) in [5.41, 5.74) is 11.8. The number of hydrogen-bond donors (Lipinski definition) is 0. The molecule has 0 saturated carbocycles. The molecule has 0 N–H and O–H groups in total. The maximum absolute atomic E-state index is 13.2. The van der Waals surface area contributed by atoms with Gasteiger partial charge in [-0.25, -0.2) is 0 Å². The van der Waals surface area contributed by atoms with Crippen LogP contribution in [0.2, 0.25) is 0 Å². The van der Waals surface area contributed by atoms with Crippen LogP contribution < -0.4 is 0 Å². The molecule has 0 spiro atoms. The van der Waals surface area contributed by atoms with Crippen LogP contribution in [0.4, 0.5) is 0 Å². The van der Waals surface area contributed by atoms with E-state index in [0.29, 0.717) is 0 Å². The molecule has 0 aliphatic heterocycles. The zero-order chi connectivity index (χ0) is 17.3. The summed E-state index contributed by atoms with van der Waals surface area (Å²) in [6, 6.07) is 8.35. The summed E-state index contributed by atoms with van der Waals surface area (Å²) in [6.07, 6.45) is 4.41. The van der Waals surface area contributed by atoms with E-state index in [9.17, 15) is 4.79 Å². The predicted octanol–water partition coefficient (Wildman–Crippen LogP) is 3.45. The Labute approximate surface area is 149 Å². The van der Waals surface area contributed by atoms with Gasteiger partial charge in [-0.1, -0.05) is 58.1 Å². The summed E-state index contributed by atoms with van der Waals surface area (Å²) < 4.78 is 0. The van der Waals surface area contributed by atoms with Gasteiger partial charge in [0.05, 0.1) is 19.0 Å². The quantitative estimate of drug-likeness (QED) is 0.762. The highest BCUT2D eigenvalue weighted by Gasteiger charge is 2.30. The van der Waals surface area contributed by atoms with Gasteiger partial charge in [0.25, 0.3) is 0 Å². The number of benzene rings is 1. The summed E-state index contributed by atoms with van der Waals surface area (Å²) in [7, 11) is -1.20. The van der Waals surface area contributed by atoms with Gasteiger partial charge in [-0.15, -0.1) is 0 Å². The van der Waals surface area contributed by atoms with Crippen LogP contribution in [0.25, 0.3) is 11.6 Å². The van der Waals surface area contributed by atoms with Crippen molar-refractivity contribution in [3.05, 3.63) is 80.0 Å². The van der Waals surface area contributed by atoms with Crippen molar-refractivity contribution in [1.29, 1.82) is 0 Å². The number of carbonyl (C=O) groups is 1. The summed E-state index contributed by atoms with van der Waals surface area (Å²) in [5.74, 6) is 0.289. The lowest BCUT2D eigenvalue weighted by molar-refractivity contribution is -0.111. The highest BCUT2D eigenvalue weighted by atomic mass is 28.2. The van der Waals surface area contributed by atoms with E-state index in [4.69, 9.17) is 0 Å². The first-order valence-electron chi connectivity index (χ1n) is 8.54. The SMILES string of the molecule is CC(C)=C[SiH2]C1=C([SiH2]C=C(C)C)C(=O)C2=Cc3ccccc3C2=C1. The number of ketones is 1. The van der Waals surface area contributed by atoms with Gasteiger partial charge in [0.1, 0.15) is 0 Å². The van der Waals surface area contributed by atoms with Crippen LogP contribution in [0, 0.1) is 0 Å². The normalized spacial score (nSPS) is 16.4. The molecule has 1 aromatic rings. The maximum Gasteiger partial charge on any atom is 0.185 e. The molecule has 0 unspecified atom stereocenters. The van der Waals surface area contributed by atoms with E-state index in [1.165, 1.54) is 27.5 Å². The largest absolute Gasteiger partial charge is 0.289 e. The van der Waals surface area contributed by atoms with Crippen molar-refractivity contribution in [3.63, 3.8) is 0 Å². The van der Waals surface area contributed by atoms with Gasteiger partial charge in [-0.2, -0.15) is 0 Å². The van der Waals surface area contributed by atoms with Crippen molar-refractivity contribution in [2.24, 2.45) is 0 Å². The molecule has 2 aliphatic rings. The summed E-state index contributed by atoms with van der Waals surface area (Å²) >= 11 is 0. The third-order valence-corrected chi connectivity index (χ3v) is 9.31. The van der Waals surface area contributed by atoms with Crippen LogP contribution in [-0.2, 0) is 4.79 Å². The Balaban J connectivity index is 2.10. The number of fused-ring (bicyclic) bond motifs is 3. The molecule has 0 saturated heterocycles. The maximum atomic E-state index is 13.2. The molecule has 24 heavy (non-hydrogen) atoms. The molecule has 2 aliphatic carbocycles. The van der Waals surface area contributed by atoms with Gasteiger partial charge in [-0.3, -0.25) is 4.79 Å². The topological polar surface area (TPSA) is 17.1 Å². The van der Waals surface area contributed by atoms with Crippen LogP contribution in [0.3, 0.4) is 0 Å². The fourth-order valence-corrected chi connectivity index (χ4v) is 6.76. The Morgan fingerprint density at radius 1 is 0.875 bits per heavy atom. The second-order valence-electron chi connectivity index (χ2n) is 7.01. The lowest BCUT2D eigenvalue weighted by atomic mass is 9.96. The third kappa shape index (κ3) is 3.28. The predicted molar refractivity (Wildman–Crippen MR) is 110 cm³/mol. The van der Waals surface area contributed by atoms with E-state index in [2.05, 4.69) is 69.4 Å². The Hall–Kier alpha value is -1.98. The average Bonchev–Trinajstić information content (AvgIpc) is 2.91. The number of rotatable bonds is 4. The number of hydrogen-bond acceptors (Lipinski definition) is 1.